The maximum atomic E-state index is 11.3. The van der Waals surface area contributed by atoms with Gasteiger partial charge < -0.3 is 47.9 Å². The Hall–Kier alpha value is -4.04. The number of phenolic OH excluding ortho intramolecular Hbond substituents is 1. The third-order valence-corrected chi connectivity index (χ3v) is 12.3. The van der Waals surface area contributed by atoms with E-state index in [1.807, 2.05) is 6.07 Å². The molecular weight excluding hydrogens is 725 g/mol. The molecule has 4 N–H and O–H groups in total. The number of ether oxygens (including phenoxy) is 4. The van der Waals surface area contributed by atoms with E-state index in [9.17, 15) is 19.2 Å². The van der Waals surface area contributed by atoms with Crippen molar-refractivity contribution in [1.82, 2.24) is 0 Å². The zero-order chi connectivity index (χ0) is 40.5. The van der Waals surface area contributed by atoms with E-state index in [1.165, 1.54) is 44.5 Å². The molecule has 3 aromatic carbocycles. The number of phenols is 1. The van der Waals surface area contributed by atoms with Crippen LogP contribution in [0.4, 0.5) is 0 Å². The average molecular weight is 783 g/mol. The van der Waals surface area contributed by atoms with Gasteiger partial charge in [0.1, 0.15) is 29.7 Å². The molecule has 0 heterocycles. The van der Waals surface area contributed by atoms with Crippen molar-refractivity contribution in [3.05, 3.63) is 89.5 Å². The number of aromatic carboxylic acids is 1. The van der Waals surface area contributed by atoms with Crippen LogP contribution in [0, 0.1) is 0 Å². The first-order valence-electron chi connectivity index (χ1n) is 16.1. The van der Waals surface area contributed by atoms with E-state index in [0.717, 1.165) is 7.11 Å². The first-order valence-corrected chi connectivity index (χ1v) is 25.5. The second-order valence-electron chi connectivity index (χ2n) is 12.6. The van der Waals surface area contributed by atoms with Crippen LogP contribution in [0.15, 0.2) is 72.8 Å². The summed E-state index contributed by atoms with van der Waals surface area (Å²) < 4.78 is 30.6. The fourth-order valence-corrected chi connectivity index (χ4v) is 4.46. The number of esters is 2. The lowest BCUT2D eigenvalue weighted by Crippen LogP contribution is -2.37. The lowest BCUT2D eigenvalue weighted by molar-refractivity contribution is 0.0591. The summed E-state index contributed by atoms with van der Waals surface area (Å²) in [4.78, 5) is 42.4. The van der Waals surface area contributed by atoms with Crippen LogP contribution in [0.3, 0.4) is 0 Å². The number of aliphatic hydroxyl groups is 1. The van der Waals surface area contributed by atoms with Gasteiger partial charge in [-0.05, 0) is 99.9 Å². The van der Waals surface area contributed by atoms with Gasteiger partial charge in [0.05, 0.1) is 30.9 Å². The monoisotopic (exact) mass is 782 g/mol. The highest BCUT2D eigenvalue weighted by Crippen LogP contribution is 2.17. The van der Waals surface area contributed by atoms with E-state index in [2.05, 4.69) is 42.6 Å². The summed E-state index contributed by atoms with van der Waals surface area (Å²) in [6.07, 6.45) is 0.810. The first kappa shape index (κ1) is 50.1. The summed E-state index contributed by atoms with van der Waals surface area (Å²) in [5.74, 6) is -0.594. The van der Waals surface area contributed by atoms with Gasteiger partial charge in [0, 0.05) is 21.3 Å². The summed E-state index contributed by atoms with van der Waals surface area (Å²) in [6.45, 7) is 14.3. The number of carbonyl (C=O) groups is 3. The molecule has 0 amide bonds. The zero-order valence-electron chi connectivity index (χ0n) is 32.5. The largest absolute Gasteiger partial charge is 0.508 e. The third kappa shape index (κ3) is 23.4. The molecule has 0 aliphatic heterocycles. The SMILES string of the molecule is CC[Si](C)(C)OC.CO.COC(=O)c1cccc(O)c1.COC(=O)c1cccc(OC[Si](C)(C)OC)c1.C[Si](C)(O)COc1cccc(C(=O)O)c1. The van der Waals surface area contributed by atoms with Crippen LogP contribution in [0.25, 0.3) is 0 Å². The fraction of sp³-hybridized carbons (Fsp3) is 0.417. The van der Waals surface area contributed by atoms with Crippen molar-refractivity contribution < 1.29 is 62.3 Å². The number of carbonyl (C=O) groups excluding carboxylic acids is 2. The van der Waals surface area contributed by atoms with Crippen molar-refractivity contribution in [2.75, 3.05) is 48.0 Å². The Kier molecular flexibility index (Phi) is 24.9. The van der Waals surface area contributed by atoms with Gasteiger partial charge in [-0.25, -0.2) is 14.4 Å². The van der Waals surface area contributed by atoms with Crippen molar-refractivity contribution in [2.24, 2.45) is 0 Å². The van der Waals surface area contributed by atoms with E-state index < -0.39 is 36.9 Å². The van der Waals surface area contributed by atoms with Gasteiger partial charge in [-0.3, -0.25) is 0 Å². The zero-order valence-corrected chi connectivity index (χ0v) is 35.5. The van der Waals surface area contributed by atoms with E-state index >= 15 is 0 Å². The number of aliphatic hydroxyl groups excluding tert-OH is 1. The van der Waals surface area contributed by atoms with E-state index in [-0.39, 0.29) is 23.5 Å². The Bertz CT molecular complexity index is 1470. The molecule has 0 unspecified atom stereocenters. The molecule has 292 valence electrons. The van der Waals surface area contributed by atoms with Crippen molar-refractivity contribution in [3.8, 4) is 17.2 Å². The smallest absolute Gasteiger partial charge is 0.337 e. The van der Waals surface area contributed by atoms with Crippen LogP contribution in [0.1, 0.15) is 38.0 Å². The number of carboxylic acids is 1. The maximum Gasteiger partial charge on any atom is 0.337 e. The molecule has 3 rings (SSSR count). The minimum atomic E-state index is -2.25. The molecule has 0 aliphatic rings. The Morgan fingerprint density at radius 2 is 1.02 bits per heavy atom. The fourth-order valence-electron chi connectivity index (χ4n) is 3.02. The standard InChI is InChI=1S/C12H18O4Si.C10H14O4Si.C8H8O3.C5H14OSi.CH4O/c1-14-12(13)10-6-5-7-11(8-10)16-9-17(3,4)15-2;1-15(2,13)7-14-9-5-3-4-8(6-9)10(11)12;1-11-8(10)6-3-2-4-7(9)5-6;1-5-7(3,4)6-2;1-2/h5-8H,9H2,1-4H3;3-6,13H,7H2,1-2H3,(H,11,12);2-5,9H,1H3;5H2,1-4H3;2H,1H3. The number of hydrogen-bond acceptors (Lipinski definition) is 12. The number of carboxylic acid groups (broad SMARTS) is 1. The summed E-state index contributed by atoms with van der Waals surface area (Å²) in [6, 6.07) is 20.4. The van der Waals surface area contributed by atoms with Gasteiger partial charge in [-0.1, -0.05) is 25.1 Å². The Morgan fingerprint density at radius 1 is 0.615 bits per heavy atom. The van der Waals surface area contributed by atoms with Gasteiger partial charge >= 0.3 is 17.9 Å². The molecule has 0 bridgehead atoms. The van der Waals surface area contributed by atoms with Gasteiger partial charge in [-0.15, -0.1) is 0 Å². The molecule has 0 saturated heterocycles. The predicted octanol–water partition coefficient (Wildman–Crippen LogP) is 6.39. The molecular formula is C36H58O13Si3. The van der Waals surface area contributed by atoms with Crippen molar-refractivity contribution in [1.29, 1.82) is 0 Å². The molecule has 0 atom stereocenters. The number of methoxy groups -OCH3 is 2. The van der Waals surface area contributed by atoms with Crippen LogP contribution in [0.5, 0.6) is 17.2 Å². The average Bonchev–Trinajstić information content (AvgIpc) is 3.14. The Labute approximate surface area is 311 Å². The van der Waals surface area contributed by atoms with Gasteiger partial charge in [-0.2, -0.15) is 0 Å². The number of aromatic hydroxyl groups is 1. The lowest BCUT2D eigenvalue weighted by Gasteiger charge is -2.20. The molecule has 16 heteroatoms. The maximum absolute atomic E-state index is 11.3. The second kappa shape index (κ2) is 25.8. The molecule has 0 spiro atoms. The summed E-state index contributed by atoms with van der Waals surface area (Å²) >= 11 is 0. The molecule has 0 saturated carbocycles. The van der Waals surface area contributed by atoms with E-state index in [0.29, 0.717) is 28.9 Å². The van der Waals surface area contributed by atoms with E-state index in [1.54, 1.807) is 69.8 Å². The highest BCUT2D eigenvalue weighted by molar-refractivity contribution is 6.71. The van der Waals surface area contributed by atoms with Gasteiger partial charge in [0.2, 0.25) is 16.6 Å². The van der Waals surface area contributed by atoms with E-state index in [4.69, 9.17) is 33.6 Å². The highest BCUT2D eigenvalue weighted by Gasteiger charge is 2.22. The van der Waals surface area contributed by atoms with Crippen LogP contribution in [-0.4, -0.2) is 111 Å². The van der Waals surface area contributed by atoms with Gasteiger partial charge in [0.25, 0.3) is 0 Å². The normalized spacial score (nSPS) is 10.5. The summed E-state index contributed by atoms with van der Waals surface area (Å²) in [7, 11) is 2.00. The van der Waals surface area contributed by atoms with Crippen LogP contribution in [0.2, 0.25) is 45.3 Å². The highest BCUT2D eigenvalue weighted by atomic mass is 28.4. The quantitative estimate of drug-likeness (QED) is 0.117. The molecule has 3 aromatic rings. The van der Waals surface area contributed by atoms with Gasteiger partial charge in [0.15, 0.2) is 8.32 Å². The third-order valence-electron chi connectivity index (χ3n) is 6.74. The molecule has 0 fully saturated rings. The van der Waals surface area contributed by atoms with Crippen LogP contribution < -0.4 is 9.47 Å². The minimum Gasteiger partial charge on any atom is -0.508 e. The molecule has 0 aliphatic carbocycles. The second-order valence-corrected chi connectivity index (χ2v) is 25.3. The number of rotatable bonds is 12. The molecule has 0 aromatic heterocycles. The van der Waals surface area contributed by atoms with Crippen molar-refractivity contribution >= 4 is 42.9 Å². The molecule has 52 heavy (non-hydrogen) atoms. The predicted molar refractivity (Wildman–Crippen MR) is 209 cm³/mol. The Balaban J connectivity index is 0. The van der Waals surface area contributed by atoms with Crippen LogP contribution in [-0.2, 0) is 18.3 Å². The van der Waals surface area contributed by atoms with Crippen molar-refractivity contribution in [2.45, 2.75) is 52.2 Å². The summed E-state index contributed by atoms with van der Waals surface area (Å²) in [5, 5.41) is 24.7. The lowest BCUT2D eigenvalue weighted by atomic mass is 10.2. The first-order chi connectivity index (χ1) is 24.2. The molecule has 13 nitrogen and oxygen atoms in total. The summed E-state index contributed by atoms with van der Waals surface area (Å²) in [5.41, 5.74) is 1.03. The number of hydrogen-bond donors (Lipinski definition) is 4. The van der Waals surface area contributed by atoms with Crippen LogP contribution >= 0.6 is 0 Å². The minimum absolute atomic E-state index is 0.0629. The topological polar surface area (TPSA) is 188 Å². The Morgan fingerprint density at radius 3 is 1.38 bits per heavy atom. The van der Waals surface area contributed by atoms with Crippen molar-refractivity contribution in [3.63, 3.8) is 0 Å². The number of benzene rings is 3. The molecule has 0 radical (unpaired) electrons.